The number of anilines is 2. The van der Waals surface area contributed by atoms with Crippen LogP contribution in [0.1, 0.15) is 5.56 Å². The molecule has 0 aliphatic rings. The van der Waals surface area contributed by atoms with Crippen LogP contribution in [0.15, 0.2) is 61.1 Å². The van der Waals surface area contributed by atoms with Crippen LogP contribution >= 0.6 is 0 Å². The van der Waals surface area contributed by atoms with E-state index in [0.29, 0.717) is 5.56 Å². The molecule has 1 N–H and O–H groups in total. The summed E-state index contributed by atoms with van der Waals surface area (Å²) >= 11 is 0. The maximum Gasteiger partial charge on any atom is 0.157 e. The number of nitriles is 1. The maximum absolute atomic E-state index is 8.86. The van der Waals surface area contributed by atoms with Crippen molar-refractivity contribution < 1.29 is 0 Å². The number of rotatable bonds is 2. The van der Waals surface area contributed by atoms with Crippen LogP contribution in [0, 0.1) is 11.3 Å². The first-order valence-corrected chi connectivity index (χ1v) is 6.83. The summed E-state index contributed by atoms with van der Waals surface area (Å²) in [5, 5.41) is 12.2. The van der Waals surface area contributed by atoms with Gasteiger partial charge in [0.25, 0.3) is 0 Å². The summed E-state index contributed by atoms with van der Waals surface area (Å²) in [4.78, 5) is 8.90. The van der Waals surface area contributed by atoms with E-state index in [0.717, 1.165) is 28.1 Å². The summed E-state index contributed by atoms with van der Waals surface area (Å²) in [5.41, 5.74) is 4.32. The molecule has 0 fully saturated rings. The van der Waals surface area contributed by atoms with E-state index >= 15 is 0 Å². The van der Waals surface area contributed by atoms with Crippen LogP contribution in [0.3, 0.4) is 0 Å². The Morgan fingerprint density at radius 1 is 1.00 bits per heavy atom. The van der Waals surface area contributed by atoms with Crippen molar-refractivity contribution in [3.05, 3.63) is 66.6 Å². The van der Waals surface area contributed by atoms with Crippen molar-refractivity contribution in [2.75, 3.05) is 5.32 Å². The van der Waals surface area contributed by atoms with E-state index < -0.39 is 0 Å². The van der Waals surface area contributed by atoms with Gasteiger partial charge in [0.05, 0.1) is 35.2 Å². The van der Waals surface area contributed by atoms with E-state index in [4.69, 9.17) is 5.26 Å². The molecule has 22 heavy (non-hydrogen) atoms. The standard InChI is InChI=1S/C17H11N5/c18-9-12-5-7-13(8-6-12)20-17-16-10-19-11-22(16)15-4-2-1-3-14(15)21-17/h1-8,10-11H,(H,20,21). The van der Waals surface area contributed by atoms with Gasteiger partial charge >= 0.3 is 0 Å². The van der Waals surface area contributed by atoms with Gasteiger partial charge < -0.3 is 5.32 Å². The minimum atomic E-state index is 0.631. The molecular weight excluding hydrogens is 274 g/mol. The van der Waals surface area contributed by atoms with Gasteiger partial charge in [-0.2, -0.15) is 5.26 Å². The van der Waals surface area contributed by atoms with Gasteiger partial charge in [-0.1, -0.05) is 12.1 Å². The zero-order valence-electron chi connectivity index (χ0n) is 11.6. The van der Waals surface area contributed by atoms with Crippen LogP contribution in [-0.2, 0) is 0 Å². The van der Waals surface area contributed by atoms with Gasteiger partial charge in [-0.3, -0.25) is 4.40 Å². The van der Waals surface area contributed by atoms with Crippen LogP contribution in [0.25, 0.3) is 16.6 Å². The Kier molecular flexibility index (Phi) is 2.73. The molecule has 4 rings (SSSR count). The van der Waals surface area contributed by atoms with Crippen LogP contribution in [0.2, 0.25) is 0 Å². The fourth-order valence-corrected chi connectivity index (χ4v) is 2.46. The molecule has 0 saturated heterocycles. The van der Waals surface area contributed by atoms with Crippen molar-refractivity contribution in [1.29, 1.82) is 5.26 Å². The van der Waals surface area contributed by atoms with Crippen LogP contribution in [0.5, 0.6) is 0 Å². The highest BCUT2D eigenvalue weighted by molar-refractivity contribution is 5.85. The molecule has 0 aliphatic carbocycles. The normalized spacial score (nSPS) is 10.7. The van der Waals surface area contributed by atoms with E-state index in [2.05, 4.69) is 21.4 Å². The summed E-state index contributed by atoms with van der Waals surface area (Å²) in [7, 11) is 0. The van der Waals surface area contributed by atoms with Gasteiger partial charge in [0.15, 0.2) is 5.82 Å². The number of benzene rings is 2. The van der Waals surface area contributed by atoms with Crippen molar-refractivity contribution in [3.63, 3.8) is 0 Å². The lowest BCUT2D eigenvalue weighted by molar-refractivity contribution is 1.19. The molecule has 104 valence electrons. The number of nitrogens with one attached hydrogen (secondary N) is 1. The van der Waals surface area contributed by atoms with Crippen LogP contribution in [0.4, 0.5) is 11.5 Å². The zero-order valence-corrected chi connectivity index (χ0v) is 11.6. The number of hydrogen-bond donors (Lipinski definition) is 1. The topological polar surface area (TPSA) is 66.0 Å². The van der Waals surface area contributed by atoms with Gasteiger partial charge in [-0.15, -0.1) is 0 Å². The third kappa shape index (κ3) is 1.95. The number of hydrogen-bond acceptors (Lipinski definition) is 4. The molecule has 2 heterocycles. The molecule has 0 bridgehead atoms. The first-order chi connectivity index (χ1) is 10.8. The second kappa shape index (κ2) is 4.86. The molecule has 4 aromatic rings. The molecule has 0 atom stereocenters. The highest BCUT2D eigenvalue weighted by Crippen LogP contribution is 2.24. The predicted octanol–water partition coefficient (Wildman–Crippen LogP) is 3.50. The highest BCUT2D eigenvalue weighted by atomic mass is 15.1. The Morgan fingerprint density at radius 2 is 1.82 bits per heavy atom. The third-order valence-corrected chi connectivity index (χ3v) is 3.53. The first-order valence-electron chi connectivity index (χ1n) is 6.83. The maximum atomic E-state index is 8.86. The summed E-state index contributed by atoms with van der Waals surface area (Å²) in [6.45, 7) is 0. The molecule has 5 heteroatoms. The summed E-state index contributed by atoms with van der Waals surface area (Å²) in [5.74, 6) is 0.737. The van der Waals surface area contributed by atoms with E-state index in [1.54, 1.807) is 24.7 Å². The highest BCUT2D eigenvalue weighted by Gasteiger charge is 2.08. The van der Waals surface area contributed by atoms with Gasteiger partial charge in [-0.05, 0) is 36.4 Å². The first kappa shape index (κ1) is 12.4. The SMILES string of the molecule is N#Cc1ccc(Nc2nc3ccccc3n3cncc23)cc1. The molecule has 0 spiro atoms. The van der Waals surface area contributed by atoms with Crippen LogP contribution in [-0.4, -0.2) is 14.4 Å². The van der Waals surface area contributed by atoms with E-state index in [1.807, 2.05) is 40.8 Å². The van der Waals surface area contributed by atoms with E-state index in [1.165, 1.54) is 0 Å². The monoisotopic (exact) mass is 285 g/mol. The van der Waals surface area contributed by atoms with Crippen molar-refractivity contribution in [1.82, 2.24) is 14.4 Å². The van der Waals surface area contributed by atoms with Gasteiger partial charge in [0, 0.05) is 5.69 Å². The van der Waals surface area contributed by atoms with E-state index in [-0.39, 0.29) is 0 Å². The van der Waals surface area contributed by atoms with Crippen molar-refractivity contribution in [2.24, 2.45) is 0 Å². The molecular formula is C17H11N5. The van der Waals surface area contributed by atoms with Gasteiger partial charge in [0.2, 0.25) is 0 Å². The summed E-state index contributed by atoms with van der Waals surface area (Å²) < 4.78 is 2.01. The van der Waals surface area contributed by atoms with Gasteiger partial charge in [-0.25, -0.2) is 9.97 Å². The average molecular weight is 285 g/mol. The summed E-state index contributed by atoms with van der Waals surface area (Å²) in [6.07, 6.45) is 3.56. The average Bonchev–Trinajstić information content (AvgIpc) is 3.06. The third-order valence-electron chi connectivity index (χ3n) is 3.53. The largest absolute Gasteiger partial charge is 0.338 e. The Balaban J connectivity index is 1.85. The quantitative estimate of drug-likeness (QED) is 0.612. The number of nitrogens with zero attached hydrogens (tertiary/aromatic N) is 4. The molecule has 0 aliphatic heterocycles. The number of imidazole rings is 1. The van der Waals surface area contributed by atoms with Crippen molar-refractivity contribution >= 4 is 28.1 Å². The Labute approximate surface area is 126 Å². The number of fused-ring (bicyclic) bond motifs is 3. The molecule has 0 radical (unpaired) electrons. The molecule has 5 nitrogen and oxygen atoms in total. The summed E-state index contributed by atoms with van der Waals surface area (Å²) in [6, 6.07) is 17.3. The predicted molar refractivity (Wildman–Crippen MR) is 84.9 cm³/mol. The second-order valence-electron chi connectivity index (χ2n) is 4.91. The Bertz CT molecular complexity index is 1010. The lowest BCUT2D eigenvalue weighted by Crippen LogP contribution is -1.99. The Morgan fingerprint density at radius 3 is 2.64 bits per heavy atom. The smallest absolute Gasteiger partial charge is 0.157 e. The lowest BCUT2D eigenvalue weighted by atomic mass is 10.2. The molecule has 2 aromatic heterocycles. The Hall–Kier alpha value is -3.39. The van der Waals surface area contributed by atoms with Crippen molar-refractivity contribution in [2.45, 2.75) is 0 Å². The molecule has 0 saturated carbocycles. The number of aromatic nitrogens is 3. The number of para-hydroxylation sites is 2. The molecule has 2 aromatic carbocycles. The molecule has 0 amide bonds. The van der Waals surface area contributed by atoms with E-state index in [9.17, 15) is 0 Å². The zero-order chi connectivity index (χ0) is 14.9. The minimum Gasteiger partial charge on any atom is -0.338 e. The van der Waals surface area contributed by atoms with Crippen LogP contribution < -0.4 is 5.32 Å². The molecule has 0 unspecified atom stereocenters. The second-order valence-corrected chi connectivity index (χ2v) is 4.91. The minimum absolute atomic E-state index is 0.631. The lowest BCUT2D eigenvalue weighted by Gasteiger charge is -2.10. The fourth-order valence-electron chi connectivity index (χ4n) is 2.46. The fraction of sp³-hybridized carbons (Fsp3) is 0. The van der Waals surface area contributed by atoms with Crippen molar-refractivity contribution in [3.8, 4) is 6.07 Å². The van der Waals surface area contributed by atoms with Gasteiger partial charge in [0.1, 0.15) is 5.52 Å².